The predicted octanol–water partition coefficient (Wildman–Crippen LogP) is 2.50. The van der Waals surface area contributed by atoms with Gasteiger partial charge in [-0.2, -0.15) is 0 Å². The van der Waals surface area contributed by atoms with Gasteiger partial charge in [-0.1, -0.05) is 34.1 Å². The van der Waals surface area contributed by atoms with Gasteiger partial charge in [-0.25, -0.2) is 0 Å². The summed E-state index contributed by atoms with van der Waals surface area (Å²) in [5, 5.41) is 8.69. The van der Waals surface area contributed by atoms with Crippen LogP contribution < -0.4 is 5.73 Å². The summed E-state index contributed by atoms with van der Waals surface area (Å²) >= 11 is 0. The van der Waals surface area contributed by atoms with E-state index in [1.54, 1.807) is 0 Å². The van der Waals surface area contributed by atoms with E-state index in [1.165, 1.54) is 0 Å². The van der Waals surface area contributed by atoms with E-state index < -0.39 is 5.97 Å². The zero-order chi connectivity index (χ0) is 12.0. The Morgan fingerprint density at radius 1 is 1.33 bits per heavy atom. The highest BCUT2D eigenvalue weighted by atomic mass is 16.4. The van der Waals surface area contributed by atoms with Gasteiger partial charge in [0.1, 0.15) is 0 Å². The Labute approximate surface area is 93.0 Å². The third-order valence-corrected chi connectivity index (χ3v) is 3.35. The molecule has 3 heteroatoms. The molecular weight excluding hydrogens is 190 g/mol. The average molecular weight is 215 g/mol. The summed E-state index contributed by atoms with van der Waals surface area (Å²) in [5.74, 6) is 0.780. The van der Waals surface area contributed by atoms with E-state index >= 15 is 0 Å². The van der Waals surface area contributed by atoms with Gasteiger partial charge in [0.25, 0.3) is 0 Å². The highest BCUT2D eigenvalue weighted by molar-refractivity contribution is 5.67. The van der Waals surface area contributed by atoms with Crippen molar-refractivity contribution in [2.24, 2.45) is 23.5 Å². The third kappa shape index (κ3) is 5.78. The summed E-state index contributed by atoms with van der Waals surface area (Å²) < 4.78 is 0. The molecular formula is C12H25NO2. The number of carboxylic acids is 1. The zero-order valence-electron chi connectivity index (χ0n) is 10.4. The first kappa shape index (κ1) is 14.4. The molecule has 3 unspecified atom stereocenters. The van der Waals surface area contributed by atoms with Gasteiger partial charge in [0.05, 0.1) is 6.42 Å². The van der Waals surface area contributed by atoms with Crippen LogP contribution in [0.15, 0.2) is 0 Å². The van der Waals surface area contributed by atoms with Crippen LogP contribution in [-0.4, -0.2) is 17.1 Å². The van der Waals surface area contributed by atoms with Crippen LogP contribution >= 0.6 is 0 Å². The number of carboxylic acid groups (broad SMARTS) is 1. The lowest BCUT2D eigenvalue weighted by Gasteiger charge is -2.26. The number of aliphatic carboxylic acids is 1. The molecule has 0 saturated heterocycles. The van der Waals surface area contributed by atoms with E-state index in [0.29, 0.717) is 17.8 Å². The summed E-state index contributed by atoms with van der Waals surface area (Å²) in [6.07, 6.45) is 2.08. The minimum absolute atomic E-state index is 0.0866. The van der Waals surface area contributed by atoms with Gasteiger partial charge in [-0.15, -0.1) is 0 Å². The molecule has 90 valence electrons. The van der Waals surface area contributed by atoms with Crippen LogP contribution in [-0.2, 0) is 4.79 Å². The predicted molar refractivity (Wildman–Crippen MR) is 62.6 cm³/mol. The summed E-state index contributed by atoms with van der Waals surface area (Å²) in [6, 6.07) is -0.200. The highest BCUT2D eigenvalue weighted by Crippen LogP contribution is 2.24. The molecule has 0 aromatic heterocycles. The lowest BCUT2D eigenvalue weighted by Crippen LogP contribution is -2.33. The first-order valence-corrected chi connectivity index (χ1v) is 5.85. The molecule has 0 radical (unpaired) electrons. The van der Waals surface area contributed by atoms with E-state index in [1.807, 2.05) is 0 Å². The van der Waals surface area contributed by atoms with Crippen LogP contribution in [0.3, 0.4) is 0 Å². The maximum absolute atomic E-state index is 10.6. The van der Waals surface area contributed by atoms with Crippen molar-refractivity contribution in [3.63, 3.8) is 0 Å². The second-order valence-electron chi connectivity index (χ2n) is 4.89. The second kappa shape index (κ2) is 6.83. The van der Waals surface area contributed by atoms with Gasteiger partial charge >= 0.3 is 5.97 Å². The molecule has 3 N–H and O–H groups in total. The minimum Gasteiger partial charge on any atom is -0.481 e. The highest BCUT2D eigenvalue weighted by Gasteiger charge is 2.22. The van der Waals surface area contributed by atoms with E-state index in [2.05, 4.69) is 27.7 Å². The number of hydrogen-bond donors (Lipinski definition) is 2. The maximum Gasteiger partial charge on any atom is 0.304 e. The van der Waals surface area contributed by atoms with Crippen molar-refractivity contribution in [2.75, 3.05) is 0 Å². The molecule has 3 atom stereocenters. The Hall–Kier alpha value is -0.570. The molecule has 0 amide bonds. The Kier molecular flexibility index (Phi) is 6.57. The monoisotopic (exact) mass is 215 g/mol. The van der Waals surface area contributed by atoms with Crippen LogP contribution in [0.5, 0.6) is 0 Å². The smallest absolute Gasteiger partial charge is 0.304 e. The third-order valence-electron chi connectivity index (χ3n) is 3.35. The van der Waals surface area contributed by atoms with Crippen molar-refractivity contribution in [1.29, 1.82) is 0 Å². The van der Waals surface area contributed by atoms with E-state index in [9.17, 15) is 4.79 Å². The molecule has 0 fully saturated rings. The summed E-state index contributed by atoms with van der Waals surface area (Å²) in [7, 11) is 0. The number of nitrogens with two attached hydrogens (primary N) is 1. The molecule has 0 saturated carbocycles. The molecule has 0 aliphatic rings. The molecule has 0 aliphatic heterocycles. The van der Waals surface area contributed by atoms with Crippen molar-refractivity contribution in [2.45, 2.75) is 53.0 Å². The molecule has 0 spiro atoms. The quantitative estimate of drug-likeness (QED) is 0.686. The Morgan fingerprint density at radius 3 is 2.20 bits per heavy atom. The summed E-state index contributed by atoms with van der Waals surface area (Å²) in [4.78, 5) is 10.6. The number of rotatable bonds is 7. The Bertz CT molecular complexity index is 192. The average Bonchev–Trinajstić information content (AvgIpc) is 2.11. The van der Waals surface area contributed by atoms with Gasteiger partial charge in [0, 0.05) is 6.04 Å². The topological polar surface area (TPSA) is 63.3 Å². The van der Waals surface area contributed by atoms with Crippen molar-refractivity contribution in [3.05, 3.63) is 0 Å². The van der Waals surface area contributed by atoms with Crippen LogP contribution in [0.4, 0.5) is 0 Å². The normalized spacial score (nSPS) is 17.5. The van der Waals surface area contributed by atoms with Gasteiger partial charge in [-0.05, 0) is 24.2 Å². The minimum atomic E-state index is -0.793. The van der Waals surface area contributed by atoms with E-state index in [4.69, 9.17) is 10.8 Å². The molecule has 15 heavy (non-hydrogen) atoms. The van der Waals surface area contributed by atoms with Crippen molar-refractivity contribution in [3.8, 4) is 0 Å². The first-order chi connectivity index (χ1) is 6.88. The standard InChI is InChI=1S/C12H25NO2/c1-5-10(6-9(4)8(2)3)11(13)7-12(14)15/h8-11H,5-7,13H2,1-4H3,(H,14,15). The molecule has 0 aromatic rings. The lowest BCUT2D eigenvalue weighted by atomic mass is 9.82. The summed E-state index contributed by atoms with van der Waals surface area (Å²) in [5.41, 5.74) is 5.90. The van der Waals surface area contributed by atoms with Gasteiger partial charge < -0.3 is 10.8 Å². The van der Waals surface area contributed by atoms with E-state index in [-0.39, 0.29) is 12.5 Å². The van der Waals surface area contributed by atoms with Crippen LogP contribution in [0.2, 0.25) is 0 Å². The molecule has 0 aliphatic carbocycles. The molecule has 0 heterocycles. The Balaban J connectivity index is 4.17. The van der Waals surface area contributed by atoms with Gasteiger partial charge in [0.2, 0.25) is 0 Å². The van der Waals surface area contributed by atoms with Crippen LogP contribution in [0.1, 0.15) is 47.0 Å². The van der Waals surface area contributed by atoms with Gasteiger partial charge in [-0.3, -0.25) is 4.79 Å². The summed E-state index contributed by atoms with van der Waals surface area (Å²) in [6.45, 7) is 8.68. The lowest BCUT2D eigenvalue weighted by molar-refractivity contribution is -0.137. The maximum atomic E-state index is 10.6. The van der Waals surface area contributed by atoms with E-state index in [0.717, 1.165) is 12.8 Å². The zero-order valence-corrected chi connectivity index (χ0v) is 10.4. The Morgan fingerprint density at radius 2 is 1.87 bits per heavy atom. The largest absolute Gasteiger partial charge is 0.481 e. The SMILES string of the molecule is CCC(CC(C)C(C)C)C(N)CC(=O)O. The van der Waals surface area contributed by atoms with Crippen molar-refractivity contribution < 1.29 is 9.90 Å². The second-order valence-corrected chi connectivity index (χ2v) is 4.89. The van der Waals surface area contributed by atoms with Crippen LogP contribution in [0.25, 0.3) is 0 Å². The molecule has 0 aromatic carbocycles. The van der Waals surface area contributed by atoms with Crippen LogP contribution in [0, 0.1) is 17.8 Å². The fourth-order valence-corrected chi connectivity index (χ4v) is 1.76. The van der Waals surface area contributed by atoms with Crippen molar-refractivity contribution in [1.82, 2.24) is 0 Å². The van der Waals surface area contributed by atoms with Gasteiger partial charge in [0.15, 0.2) is 0 Å². The number of hydrogen-bond acceptors (Lipinski definition) is 2. The fraction of sp³-hybridized carbons (Fsp3) is 0.917. The molecule has 0 rings (SSSR count). The van der Waals surface area contributed by atoms with Crippen molar-refractivity contribution >= 4 is 5.97 Å². The molecule has 3 nitrogen and oxygen atoms in total. The number of carbonyl (C=O) groups is 1. The fourth-order valence-electron chi connectivity index (χ4n) is 1.76. The first-order valence-electron chi connectivity index (χ1n) is 5.85. The molecule has 0 bridgehead atoms.